The van der Waals surface area contributed by atoms with E-state index in [2.05, 4.69) is 0 Å². The lowest BCUT2D eigenvalue weighted by atomic mass is 10.2. The van der Waals surface area contributed by atoms with Crippen LogP contribution in [0.2, 0.25) is 0 Å². The number of aromatic hydroxyl groups is 1. The fraction of sp³-hybridized carbons (Fsp3) is 0. The molecule has 0 spiro atoms. The number of nitrogens with one attached hydrogen (secondary N) is 1. The molecular formula is C7H5FNO5S-. The third-order valence-corrected chi connectivity index (χ3v) is 1.80. The van der Waals surface area contributed by atoms with Crippen LogP contribution in [0.5, 0.6) is 11.5 Å². The van der Waals surface area contributed by atoms with E-state index >= 15 is 0 Å². The maximum atomic E-state index is 12.0. The minimum Gasteiger partial charge on any atom is -0.872 e. The number of carbonyl (C=O) groups is 1. The van der Waals surface area contributed by atoms with Crippen LogP contribution < -0.4 is 9.83 Å². The topological polar surface area (TPSA) is 107 Å². The third kappa shape index (κ3) is 3.43. The Morgan fingerprint density at radius 1 is 1.40 bits per heavy atom. The fourth-order valence-corrected chi connectivity index (χ4v) is 1.22. The fourth-order valence-electron chi connectivity index (χ4n) is 0.884. The van der Waals surface area contributed by atoms with Crippen LogP contribution in [0.25, 0.3) is 0 Å². The average Bonchev–Trinajstić information content (AvgIpc) is 1.98. The molecule has 0 aliphatic rings. The number of phenols is 1. The summed E-state index contributed by atoms with van der Waals surface area (Å²) in [7, 11) is -5.18. The Morgan fingerprint density at radius 3 is 2.47 bits per heavy atom. The Kier molecular flexibility index (Phi) is 2.80. The van der Waals surface area contributed by atoms with Crippen molar-refractivity contribution in [3.05, 3.63) is 23.8 Å². The van der Waals surface area contributed by atoms with E-state index in [1.54, 1.807) is 0 Å². The largest absolute Gasteiger partial charge is 0.872 e. The summed E-state index contributed by atoms with van der Waals surface area (Å²) in [5, 5.41) is 19.7. The van der Waals surface area contributed by atoms with Gasteiger partial charge in [-0.2, -0.15) is 8.42 Å². The highest BCUT2D eigenvalue weighted by Crippen LogP contribution is 2.18. The van der Waals surface area contributed by atoms with E-state index in [9.17, 15) is 22.2 Å². The zero-order chi connectivity index (χ0) is 11.6. The molecule has 0 bridgehead atoms. The van der Waals surface area contributed by atoms with E-state index in [0.29, 0.717) is 0 Å². The van der Waals surface area contributed by atoms with Gasteiger partial charge in [0.1, 0.15) is 5.75 Å². The molecule has 0 aliphatic carbocycles. The smallest absolute Gasteiger partial charge is 0.399 e. The number of benzene rings is 1. The van der Waals surface area contributed by atoms with Crippen molar-refractivity contribution >= 4 is 16.3 Å². The molecule has 15 heavy (non-hydrogen) atoms. The number of phenolic OH excluding ortho intramolecular Hbond substituents is 1. The second kappa shape index (κ2) is 3.73. The zero-order valence-corrected chi connectivity index (χ0v) is 7.91. The Labute approximate surface area is 84.3 Å². The van der Waals surface area contributed by atoms with Gasteiger partial charge in [-0.25, -0.2) is 4.72 Å². The number of hydrogen-bond acceptors (Lipinski definition) is 5. The van der Waals surface area contributed by atoms with Gasteiger partial charge in [0.15, 0.2) is 0 Å². The highest BCUT2D eigenvalue weighted by atomic mass is 32.3. The van der Waals surface area contributed by atoms with Gasteiger partial charge in [0.2, 0.25) is 0 Å². The third-order valence-electron chi connectivity index (χ3n) is 1.37. The second-order valence-electron chi connectivity index (χ2n) is 2.58. The maximum Gasteiger partial charge on any atom is 0.399 e. The van der Waals surface area contributed by atoms with E-state index in [1.807, 2.05) is 0 Å². The zero-order valence-electron chi connectivity index (χ0n) is 7.10. The van der Waals surface area contributed by atoms with E-state index < -0.39 is 33.4 Å². The van der Waals surface area contributed by atoms with Crippen LogP contribution >= 0.6 is 0 Å². The lowest BCUT2D eigenvalue weighted by molar-refractivity contribution is -0.268. The number of halogens is 1. The van der Waals surface area contributed by atoms with Gasteiger partial charge in [0.25, 0.3) is 5.91 Å². The standard InChI is InChI=1S/C7H6FNO5S/c8-15(13,14)9-7(12)4-1-5(10)3-6(11)2-4/h1-3,10-11H,(H,9,12)/p-1. The minimum absolute atomic E-state index is 0.443. The SMILES string of the molecule is O=C(NS(=O)(=O)F)c1cc([O-])cc(O)c1. The van der Waals surface area contributed by atoms with E-state index in [0.717, 1.165) is 22.9 Å². The first-order valence-electron chi connectivity index (χ1n) is 3.56. The van der Waals surface area contributed by atoms with E-state index in [1.165, 1.54) is 0 Å². The van der Waals surface area contributed by atoms with Crippen LogP contribution in [0.3, 0.4) is 0 Å². The molecule has 6 nitrogen and oxygen atoms in total. The molecule has 0 saturated carbocycles. The van der Waals surface area contributed by atoms with Crippen LogP contribution in [0.1, 0.15) is 10.4 Å². The lowest BCUT2D eigenvalue weighted by Crippen LogP contribution is -2.27. The highest BCUT2D eigenvalue weighted by Gasteiger charge is 2.14. The summed E-state index contributed by atoms with van der Waals surface area (Å²) < 4.78 is 33.1. The molecule has 82 valence electrons. The Bertz CT molecular complexity index is 478. The normalized spacial score (nSPS) is 11.0. The molecule has 0 aromatic heterocycles. The molecule has 0 unspecified atom stereocenters. The summed E-state index contributed by atoms with van der Waals surface area (Å²) in [6.07, 6.45) is 0. The van der Waals surface area contributed by atoms with Gasteiger partial charge < -0.3 is 10.2 Å². The highest BCUT2D eigenvalue weighted by molar-refractivity contribution is 7.85. The molecule has 0 fully saturated rings. The first-order valence-corrected chi connectivity index (χ1v) is 4.94. The van der Waals surface area contributed by atoms with Crippen molar-refractivity contribution in [2.75, 3.05) is 0 Å². The molecule has 2 N–H and O–H groups in total. The predicted molar refractivity (Wildman–Crippen MR) is 45.0 cm³/mol. The van der Waals surface area contributed by atoms with Crippen LogP contribution in [0.4, 0.5) is 3.89 Å². The lowest BCUT2D eigenvalue weighted by Gasteiger charge is -2.08. The van der Waals surface area contributed by atoms with Crippen molar-refractivity contribution in [2.45, 2.75) is 0 Å². The molecule has 1 rings (SSSR count). The Morgan fingerprint density at radius 2 is 2.00 bits per heavy atom. The summed E-state index contributed by atoms with van der Waals surface area (Å²) in [6, 6.07) is 2.42. The Balaban J connectivity index is 3.02. The maximum absolute atomic E-state index is 12.0. The summed E-state index contributed by atoms with van der Waals surface area (Å²) in [6.45, 7) is 0. The van der Waals surface area contributed by atoms with Crippen LogP contribution in [-0.4, -0.2) is 19.4 Å². The Hall–Kier alpha value is -1.83. The summed E-state index contributed by atoms with van der Waals surface area (Å²) in [5.74, 6) is -2.54. The predicted octanol–water partition coefficient (Wildman–Crippen LogP) is -0.590. The summed E-state index contributed by atoms with van der Waals surface area (Å²) in [5.41, 5.74) is -0.443. The first kappa shape index (κ1) is 11.2. The van der Waals surface area contributed by atoms with Crippen molar-refractivity contribution in [1.82, 2.24) is 4.72 Å². The van der Waals surface area contributed by atoms with Gasteiger partial charge in [-0.3, -0.25) is 4.79 Å². The average molecular weight is 234 g/mol. The van der Waals surface area contributed by atoms with E-state index in [-0.39, 0.29) is 0 Å². The quantitative estimate of drug-likeness (QED) is 0.665. The summed E-state index contributed by atoms with van der Waals surface area (Å²) >= 11 is 0. The molecule has 0 radical (unpaired) electrons. The molecule has 1 aromatic rings. The number of hydrogen-bond donors (Lipinski definition) is 2. The van der Waals surface area contributed by atoms with Gasteiger partial charge in [0, 0.05) is 5.56 Å². The first-order chi connectivity index (χ1) is 6.78. The van der Waals surface area contributed by atoms with Gasteiger partial charge in [-0.1, -0.05) is 9.95 Å². The van der Waals surface area contributed by atoms with Crippen molar-refractivity contribution in [3.8, 4) is 11.5 Å². The van der Waals surface area contributed by atoms with Gasteiger partial charge in [0.05, 0.1) is 0 Å². The second-order valence-corrected chi connectivity index (χ2v) is 3.66. The van der Waals surface area contributed by atoms with Crippen molar-refractivity contribution in [2.24, 2.45) is 0 Å². The molecule has 0 aliphatic heterocycles. The molecule has 0 atom stereocenters. The van der Waals surface area contributed by atoms with E-state index in [4.69, 9.17) is 5.11 Å². The van der Waals surface area contributed by atoms with Crippen LogP contribution in [0.15, 0.2) is 18.2 Å². The van der Waals surface area contributed by atoms with Crippen molar-refractivity contribution in [1.29, 1.82) is 0 Å². The van der Waals surface area contributed by atoms with Crippen LogP contribution in [0, 0.1) is 0 Å². The number of carbonyl (C=O) groups excluding carboxylic acids is 1. The molecular weight excluding hydrogens is 229 g/mol. The molecule has 0 saturated heterocycles. The molecule has 1 amide bonds. The molecule has 0 heterocycles. The van der Waals surface area contributed by atoms with Gasteiger partial charge >= 0.3 is 10.4 Å². The van der Waals surface area contributed by atoms with Gasteiger partial charge in [-0.05, 0) is 12.1 Å². The van der Waals surface area contributed by atoms with Crippen molar-refractivity contribution < 1.29 is 27.3 Å². The molecule has 8 heteroatoms. The number of amides is 1. The van der Waals surface area contributed by atoms with Gasteiger partial charge in [-0.15, -0.1) is 5.75 Å². The number of rotatable bonds is 2. The summed E-state index contributed by atoms with van der Waals surface area (Å²) in [4.78, 5) is 11.0. The van der Waals surface area contributed by atoms with Crippen LogP contribution in [-0.2, 0) is 10.4 Å². The molecule has 1 aromatic carbocycles. The monoisotopic (exact) mass is 234 g/mol. The minimum atomic E-state index is -5.18. The van der Waals surface area contributed by atoms with Crippen molar-refractivity contribution in [3.63, 3.8) is 0 Å².